The van der Waals surface area contributed by atoms with Crippen molar-refractivity contribution < 1.29 is 24.5 Å². The van der Waals surface area contributed by atoms with Crippen LogP contribution in [0.1, 0.15) is 21.7 Å². The molecule has 3 rings (SSSR count). The van der Waals surface area contributed by atoms with Gasteiger partial charge >= 0.3 is 5.97 Å². The van der Waals surface area contributed by atoms with Crippen LogP contribution in [-0.4, -0.2) is 21.3 Å². The van der Waals surface area contributed by atoms with E-state index in [1.807, 2.05) is 0 Å². The molecule has 110 valence electrons. The van der Waals surface area contributed by atoms with Gasteiger partial charge in [0.05, 0.1) is 0 Å². The number of carboxylic acids is 1. The van der Waals surface area contributed by atoms with E-state index in [4.69, 9.17) is 9.52 Å². The molecular formula is C17H12O5. The van der Waals surface area contributed by atoms with Crippen molar-refractivity contribution in [2.45, 2.75) is 0 Å². The Bertz CT molecular complexity index is 872. The molecule has 0 aliphatic carbocycles. The quantitative estimate of drug-likeness (QED) is 0.685. The number of furan rings is 1. The first kappa shape index (κ1) is 13.8. The van der Waals surface area contributed by atoms with Crippen LogP contribution in [0.3, 0.4) is 0 Å². The highest BCUT2D eigenvalue weighted by Gasteiger charge is 2.15. The average molecular weight is 296 g/mol. The van der Waals surface area contributed by atoms with Gasteiger partial charge in [0.1, 0.15) is 17.1 Å². The molecule has 0 saturated carbocycles. The van der Waals surface area contributed by atoms with Crippen molar-refractivity contribution in [1.82, 2.24) is 0 Å². The molecule has 0 aliphatic heterocycles. The standard InChI is InChI=1S/C17H12O5/c18-12-5-1-10(2-6-12)3-7-13-9-11-4-8-14(17(20)21)15(19)16(11)22-13/h1-9,18-19H,(H,20,21)/b7-3+. The van der Waals surface area contributed by atoms with E-state index in [2.05, 4.69) is 0 Å². The van der Waals surface area contributed by atoms with Crippen LogP contribution in [0.25, 0.3) is 23.1 Å². The molecule has 0 aliphatic rings. The first-order valence-electron chi connectivity index (χ1n) is 6.50. The summed E-state index contributed by atoms with van der Waals surface area (Å²) < 4.78 is 5.49. The SMILES string of the molecule is O=C(O)c1ccc2cc(/C=C/c3ccc(O)cc3)oc2c1O. The van der Waals surface area contributed by atoms with E-state index in [0.29, 0.717) is 11.1 Å². The first-order valence-corrected chi connectivity index (χ1v) is 6.50. The monoisotopic (exact) mass is 296 g/mol. The summed E-state index contributed by atoms with van der Waals surface area (Å²) in [5, 5.41) is 28.7. The maximum absolute atomic E-state index is 11.0. The van der Waals surface area contributed by atoms with Gasteiger partial charge in [0.15, 0.2) is 11.3 Å². The van der Waals surface area contributed by atoms with E-state index < -0.39 is 5.97 Å². The summed E-state index contributed by atoms with van der Waals surface area (Å²) in [5.74, 6) is -0.917. The topological polar surface area (TPSA) is 90.9 Å². The summed E-state index contributed by atoms with van der Waals surface area (Å²) in [6.07, 6.45) is 3.48. The van der Waals surface area contributed by atoms with E-state index in [-0.39, 0.29) is 22.6 Å². The summed E-state index contributed by atoms with van der Waals surface area (Å²) >= 11 is 0. The minimum Gasteiger partial charge on any atom is -0.508 e. The highest BCUT2D eigenvalue weighted by atomic mass is 16.4. The number of phenols is 2. The molecule has 3 aromatic rings. The molecule has 5 nitrogen and oxygen atoms in total. The second-order valence-corrected chi connectivity index (χ2v) is 4.76. The number of carbonyl (C=O) groups is 1. The molecule has 0 saturated heterocycles. The number of hydrogen-bond acceptors (Lipinski definition) is 4. The third-order valence-corrected chi connectivity index (χ3v) is 3.24. The fraction of sp³-hybridized carbons (Fsp3) is 0. The minimum atomic E-state index is -1.21. The number of benzene rings is 2. The Kier molecular flexibility index (Phi) is 3.31. The van der Waals surface area contributed by atoms with Crippen LogP contribution in [-0.2, 0) is 0 Å². The van der Waals surface area contributed by atoms with Crippen molar-refractivity contribution >= 4 is 29.1 Å². The third-order valence-electron chi connectivity index (χ3n) is 3.24. The van der Waals surface area contributed by atoms with Crippen molar-refractivity contribution in [2.75, 3.05) is 0 Å². The van der Waals surface area contributed by atoms with Crippen LogP contribution in [0, 0.1) is 0 Å². The Balaban J connectivity index is 1.97. The lowest BCUT2D eigenvalue weighted by Gasteiger charge is -1.98. The number of aromatic carboxylic acids is 1. The smallest absolute Gasteiger partial charge is 0.339 e. The third kappa shape index (κ3) is 2.52. The maximum Gasteiger partial charge on any atom is 0.339 e. The average Bonchev–Trinajstić information content (AvgIpc) is 2.91. The normalized spacial score (nSPS) is 11.3. The van der Waals surface area contributed by atoms with E-state index in [0.717, 1.165) is 5.56 Å². The Labute approximate surface area is 125 Å². The lowest BCUT2D eigenvalue weighted by Crippen LogP contribution is -1.95. The van der Waals surface area contributed by atoms with E-state index in [9.17, 15) is 15.0 Å². The molecular weight excluding hydrogens is 284 g/mol. The molecule has 2 aromatic carbocycles. The second-order valence-electron chi connectivity index (χ2n) is 4.76. The van der Waals surface area contributed by atoms with E-state index >= 15 is 0 Å². The molecule has 0 atom stereocenters. The molecule has 3 N–H and O–H groups in total. The van der Waals surface area contributed by atoms with Crippen LogP contribution in [0.15, 0.2) is 46.9 Å². The van der Waals surface area contributed by atoms with Crippen LogP contribution in [0.4, 0.5) is 0 Å². The number of phenolic OH excluding ortho intramolecular Hbond substituents is 1. The fourth-order valence-electron chi connectivity index (χ4n) is 2.13. The highest BCUT2D eigenvalue weighted by molar-refractivity contribution is 5.98. The summed E-state index contributed by atoms with van der Waals surface area (Å²) in [6.45, 7) is 0. The lowest BCUT2D eigenvalue weighted by atomic mass is 10.1. The molecule has 22 heavy (non-hydrogen) atoms. The second kappa shape index (κ2) is 5.29. The van der Waals surface area contributed by atoms with Gasteiger partial charge in [-0.15, -0.1) is 0 Å². The Hall–Kier alpha value is -3.21. The zero-order valence-corrected chi connectivity index (χ0v) is 11.4. The van der Waals surface area contributed by atoms with Crippen molar-refractivity contribution in [2.24, 2.45) is 0 Å². The van der Waals surface area contributed by atoms with Crippen LogP contribution in [0.5, 0.6) is 11.5 Å². The molecule has 0 bridgehead atoms. The van der Waals surface area contributed by atoms with Gasteiger partial charge in [0, 0.05) is 5.39 Å². The van der Waals surface area contributed by atoms with E-state index in [1.54, 1.807) is 48.6 Å². The molecule has 1 aromatic heterocycles. The summed E-state index contributed by atoms with van der Waals surface area (Å²) in [6, 6.07) is 11.3. The van der Waals surface area contributed by atoms with Crippen molar-refractivity contribution in [3.63, 3.8) is 0 Å². The largest absolute Gasteiger partial charge is 0.508 e. The Morgan fingerprint density at radius 2 is 1.73 bits per heavy atom. The van der Waals surface area contributed by atoms with Gasteiger partial charge in [-0.05, 0) is 42.0 Å². The van der Waals surface area contributed by atoms with Gasteiger partial charge in [-0.1, -0.05) is 18.2 Å². The molecule has 5 heteroatoms. The zero-order chi connectivity index (χ0) is 15.7. The van der Waals surface area contributed by atoms with Gasteiger partial charge in [-0.2, -0.15) is 0 Å². The molecule has 0 amide bonds. The van der Waals surface area contributed by atoms with Gasteiger partial charge in [0.25, 0.3) is 0 Å². The number of hydrogen-bond donors (Lipinski definition) is 3. The van der Waals surface area contributed by atoms with Gasteiger partial charge in [-0.25, -0.2) is 4.79 Å². The summed E-state index contributed by atoms with van der Waals surface area (Å²) in [5.41, 5.74) is 0.815. The molecule has 0 spiro atoms. The predicted octanol–water partition coefficient (Wildman–Crippen LogP) is 3.71. The molecule has 0 radical (unpaired) electrons. The number of rotatable bonds is 3. The molecule has 1 heterocycles. The number of carboxylic acid groups (broad SMARTS) is 1. The minimum absolute atomic E-state index is 0.144. The Morgan fingerprint density at radius 1 is 1.00 bits per heavy atom. The lowest BCUT2D eigenvalue weighted by molar-refractivity contribution is 0.0694. The van der Waals surface area contributed by atoms with Crippen LogP contribution < -0.4 is 0 Å². The zero-order valence-electron chi connectivity index (χ0n) is 11.4. The van der Waals surface area contributed by atoms with Gasteiger partial charge in [0.2, 0.25) is 0 Å². The maximum atomic E-state index is 11.0. The predicted molar refractivity (Wildman–Crippen MR) is 81.9 cm³/mol. The number of aromatic hydroxyl groups is 2. The van der Waals surface area contributed by atoms with Crippen molar-refractivity contribution in [1.29, 1.82) is 0 Å². The van der Waals surface area contributed by atoms with Gasteiger partial charge < -0.3 is 19.7 Å². The number of fused-ring (bicyclic) bond motifs is 1. The van der Waals surface area contributed by atoms with Gasteiger partial charge in [-0.3, -0.25) is 0 Å². The molecule has 0 unspecified atom stereocenters. The van der Waals surface area contributed by atoms with E-state index in [1.165, 1.54) is 6.07 Å². The van der Waals surface area contributed by atoms with Crippen molar-refractivity contribution in [3.8, 4) is 11.5 Å². The fourth-order valence-corrected chi connectivity index (χ4v) is 2.13. The Morgan fingerprint density at radius 3 is 2.41 bits per heavy atom. The van der Waals surface area contributed by atoms with Crippen LogP contribution in [0.2, 0.25) is 0 Å². The highest BCUT2D eigenvalue weighted by Crippen LogP contribution is 2.32. The molecule has 0 fully saturated rings. The first-order chi connectivity index (χ1) is 10.5. The van der Waals surface area contributed by atoms with Crippen molar-refractivity contribution in [3.05, 3.63) is 59.4 Å². The summed E-state index contributed by atoms with van der Waals surface area (Å²) in [7, 11) is 0. The van der Waals surface area contributed by atoms with Crippen LogP contribution >= 0.6 is 0 Å². The summed E-state index contributed by atoms with van der Waals surface area (Å²) in [4.78, 5) is 11.0.